The quantitative estimate of drug-likeness (QED) is 0.335. The van der Waals surface area contributed by atoms with Crippen LogP contribution in [0.5, 0.6) is 5.75 Å². The van der Waals surface area contributed by atoms with E-state index < -0.39 is 58.0 Å². The molecule has 216 valence electrons. The summed E-state index contributed by atoms with van der Waals surface area (Å²) in [6, 6.07) is 0.680. The SMILES string of the molecule is CCN(CC)C1CCN(C)c2c1cc(O)c1c2C[C@@H]2C[C@@H]3[C@@H](N(C)C)C(O)=C(C(N)=O)C(=O)[C@@]3(O)C(O)=C2C1=O. The second kappa shape index (κ2) is 9.60. The molecule has 0 saturated heterocycles. The van der Waals surface area contributed by atoms with E-state index in [1.54, 1.807) is 25.1 Å². The Bertz CT molecular complexity index is 1380. The Balaban J connectivity index is 1.71. The van der Waals surface area contributed by atoms with Crippen LogP contribution in [0.15, 0.2) is 28.7 Å². The van der Waals surface area contributed by atoms with Crippen molar-refractivity contribution in [3.05, 3.63) is 45.4 Å². The van der Waals surface area contributed by atoms with Gasteiger partial charge in [-0.2, -0.15) is 0 Å². The molecule has 11 heteroatoms. The molecule has 1 amide bonds. The van der Waals surface area contributed by atoms with Crippen molar-refractivity contribution in [2.24, 2.45) is 17.6 Å². The third-order valence-corrected chi connectivity index (χ3v) is 9.46. The molecular formula is C29H38N4O7. The van der Waals surface area contributed by atoms with Crippen molar-refractivity contribution >= 4 is 23.2 Å². The van der Waals surface area contributed by atoms with E-state index in [1.165, 1.54) is 0 Å². The summed E-state index contributed by atoms with van der Waals surface area (Å²) < 4.78 is 0. The van der Waals surface area contributed by atoms with E-state index in [0.29, 0.717) is 5.56 Å². The van der Waals surface area contributed by atoms with Crippen molar-refractivity contribution < 1.29 is 34.8 Å². The van der Waals surface area contributed by atoms with Gasteiger partial charge in [-0.25, -0.2) is 0 Å². The van der Waals surface area contributed by atoms with Crippen molar-refractivity contribution in [1.82, 2.24) is 9.80 Å². The van der Waals surface area contributed by atoms with Gasteiger partial charge in [0.15, 0.2) is 11.4 Å². The zero-order valence-electron chi connectivity index (χ0n) is 23.6. The van der Waals surface area contributed by atoms with Crippen LogP contribution >= 0.6 is 0 Å². The van der Waals surface area contributed by atoms with Gasteiger partial charge in [0, 0.05) is 36.8 Å². The highest BCUT2D eigenvalue weighted by Crippen LogP contribution is 2.54. The number of rotatable bonds is 5. The zero-order valence-corrected chi connectivity index (χ0v) is 23.6. The minimum Gasteiger partial charge on any atom is -0.510 e. The molecule has 1 unspecified atom stereocenters. The average molecular weight is 555 g/mol. The maximum atomic E-state index is 14.0. The van der Waals surface area contributed by atoms with Crippen LogP contribution in [0.25, 0.3) is 0 Å². The number of ketones is 2. The molecule has 0 bridgehead atoms. The van der Waals surface area contributed by atoms with Gasteiger partial charge in [0.2, 0.25) is 5.78 Å². The van der Waals surface area contributed by atoms with Crippen LogP contribution in [0, 0.1) is 11.8 Å². The summed E-state index contributed by atoms with van der Waals surface area (Å²) in [5, 5.41) is 45.4. The summed E-state index contributed by atoms with van der Waals surface area (Å²) in [5.74, 6) is -6.42. The summed E-state index contributed by atoms with van der Waals surface area (Å²) in [4.78, 5) is 45.6. The summed E-state index contributed by atoms with van der Waals surface area (Å²) in [6.07, 6.45) is 1.21. The Morgan fingerprint density at radius 2 is 1.82 bits per heavy atom. The predicted octanol–water partition coefficient (Wildman–Crippen LogP) is 1.34. The highest BCUT2D eigenvalue weighted by molar-refractivity contribution is 6.24. The number of nitrogens with zero attached hydrogens (tertiary/aromatic N) is 3. The number of hydrogen-bond acceptors (Lipinski definition) is 10. The van der Waals surface area contributed by atoms with E-state index in [2.05, 4.69) is 23.6 Å². The number of aliphatic hydroxyl groups is 3. The van der Waals surface area contributed by atoms with Crippen molar-refractivity contribution in [2.75, 3.05) is 45.7 Å². The van der Waals surface area contributed by atoms with E-state index in [1.807, 2.05) is 7.05 Å². The molecule has 0 fully saturated rings. The molecule has 0 radical (unpaired) electrons. The Morgan fingerprint density at radius 1 is 1.18 bits per heavy atom. The zero-order chi connectivity index (χ0) is 29.4. The van der Waals surface area contributed by atoms with Gasteiger partial charge in [-0.15, -0.1) is 0 Å². The molecule has 40 heavy (non-hydrogen) atoms. The maximum Gasteiger partial charge on any atom is 0.255 e. The fraction of sp³-hybridized carbons (Fsp3) is 0.552. The van der Waals surface area contributed by atoms with Gasteiger partial charge in [0.05, 0.1) is 11.6 Å². The minimum absolute atomic E-state index is 0.0478. The topological polar surface area (TPSA) is 168 Å². The fourth-order valence-electron chi connectivity index (χ4n) is 7.67. The minimum atomic E-state index is -2.64. The standard InChI is InChI=1S/C29H38N4O7/c1-6-33(7-2)17-8-9-32(5)22-14(17)12-18(34)20-15(22)10-13-11-16-23(31(3)4)25(36)21(28(30)39)27(38)29(16,40)26(37)19(13)24(20)35/h12-13,16-17,23,34,36-37,40H,6-11H2,1-5H3,(H2,30,39)/t13-,16-,17?,23-,29+/m1/s1. The summed E-state index contributed by atoms with van der Waals surface area (Å²) >= 11 is 0. The number of benzene rings is 1. The monoisotopic (exact) mass is 554 g/mol. The van der Waals surface area contributed by atoms with Crippen molar-refractivity contribution in [1.29, 1.82) is 0 Å². The first kappa shape index (κ1) is 28.1. The van der Waals surface area contributed by atoms with Crippen LogP contribution in [0.2, 0.25) is 0 Å². The number of carbonyl (C=O) groups excluding carboxylic acids is 3. The van der Waals surface area contributed by atoms with E-state index >= 15 is 0 Å². The number of primary amides is 1. The fourth-order valence-corrected chi connectivity index (χ4v) is 7.67. The number of nitrogens with two attached hydrogens (primary N) is 1. The number of Topliss-reactive ketones (excluding diaryl/α,β-unsaturated/α-hetero) is 2. The molecule has 0 saturated carbocycles. The van der Waals surface area contributed by atoms with Crippen molar-refractivity contribution in [2.45, 2.75) is 50.8 Å². The smallest absolute Gasteiger partial charge is 0.255 e. The largest absolute Gasteiger partial charge is 0.510 e. The van der Waals surface area contributed by atoms with Crippen LogP contribution in [0.4, 0.5) is 5.69 Å². The summed E-state index contributed by atoms with van der Waals surface area (Å²) in [7, 11) is 5.19. The van der Waals surface area contributed by atoms with Gasteiger partial charge in [-0.05, 0) is 69.6 Å². The lowest BCUT2D eigenvalue weighted by Crippen LogP contribution is -2.63. The first-order valence-electron chi connectivity index (χ1n) is 13.8. The lowest BCUT2D eigenvalue weighted by atomic mass is 9.58. The average Bonchev–Trinajstić information content (AvgIpc) is 2.87. The molecule has 0 aromatic heterocycles. The van der Waals surface area contributed by atoms with Crippen LogP contribution in [-0.4, -0.2) is 100 Å². The number of phenolic OH excluding ortho intramolecular Hbond substituents is 1. The molecular weight excluding hydrogens is 516 g/mol. The number of hydrogen-bond donors (Lipinski definition) is 5. The molecule has 3 aliphatic carbocycles. The molecule has 1 aromatic carbocycles. The van der Waals surface area contributed by atoms with E-state index in [-0.39, 0.29) is 35.8 Å². The van der Waals surface area contributed by atoms with E-state index in [4.69, 9.17) is 5.73 Å². The molecule has 0 spiro atoms. The molecule has 1 heterocycles. The third kappa shape index (κ3) is 3.64. The number of phenols is 1. The van der Waals surface area contributed by atoms with Gasteiger partial charge < -0.3 is 31.1 Å². The summed E-state index contributed by atoms with van der Waals surface area (Å²) in [5.41, 5.74) is 4.34. The first-order chi connectivity index (χ1) is 18.8. The molecule has 5 rings (SSSR count). The van der Waals surface area contributed by atoms with Crippen LogP contribution in [-0.2, 0) is 16.0 Å². The third-order valence-electron chi connectivity index (χ3n) is 9.46. The Hall–Kier alpha value is -3.41. The number of likely N-dealkylation sites (N-methyl/N-ethyl adjacent to an activating group) is 1. The van der Waals surface area contributed by atoms with Crippen LogP contribution in [0.3, 0.4) is 0 Å². The number of aromatic hydroxyl groups is 1. The van der Waals surface area contributed by atoms with Gasteiger partial charge in [0.25, 0.3) is 5.91 Å². The number of fused-ring (bicyclic) bond motifs is 5. The molecule has 11 nitrogen and oxygen atoms in total. The van der Waals surface area contributed by atoms with Crippen molar-refractivity contribution in [3.8, 4) is 5.75 Å². The van der Waals surface area contributed by atoms with Gasteiger partial charge >= 0.3 is 0 Å². The Labute approximate surface area is 233 Å². The van der Waals surface area contributed by atoms with Crippen LogP contribution < -0.4 is 10.6 Å². The van der Waals surface area contributed by atoms with E-state index in [9.17, 15) is 34.8 Å². The Kier molecular flexibility index (Phi) is 6.75. The lowest BCUT2D eigenvalue weighted by Gasteiger charge is -2.50. The highest BCUT2D eigenvalue weighted by Gasteiger charge is 2.63. The normalized spacial score (nSPS) is 29.9. The van der Waals surface area contributed by atoms with Crippen LogP contribution in [0.1, 0.15) is 54.2 Å². The van der Waals surface area contributed by atoms with E-state index in [0.717, 1.165) is 37.3 Å². The number of amides is 1. The molecule has 5 atom stereocenters. The number of anilines is 1. The second-order valence-electron chi connectivity index (χ2n) is 11.6. The lowest BCUT2D eigenvalue weighted by molar-refractivity contribution is -0.148. The molecule has 6 N–H and O–H groups in total. The predicted molar refractivity (Wildman–Crippen MR) is 147 cm³/mol. The maximum absolute atomic E-state index is 14.0. The van der Waals surface area contributed by atoms with Crippen molar-refractivity contribution in [3.63, 3.8) is 0 Å². The number of aliphatic hydroxyl groups excluding tert-OH is 2. The second-order valence-corrected chi connectivity index (χ2v) is 11.6. The number of carbonyl (C=O) groups is 3. The molecule has 4 aliphatic rings. The number of allylic oxidation sites excluding steroid dienone is 1. The van der Waals surface area contributed by atoms with Gasteiger partial charge in [-0.1, -0.05) is 13.8 Å². The van der Waals surface area contributed by atoms with Gasteiger partial charge in [0.1, 0.15) is 22.8 Å². The summed E-state index contributed by atoms with van der Waals surface area (Å²) in [6.45, 7) is 6.59. The highest BCUT2D eigenvalue weighted by atomic mass is 16.3. The molecule has 1 aliphatic heterocycles. The van der Waals surface area contributed by atoms with Gasteiger partial charge in [-0.3, -0.25) is 24.2 Å². The first-order valence-corrected chi connectivity index (χ1v) is 13.8. The Morgan fingerprint density at radius 3 is 2.40 bits per heavy atom. The molecule has 1 aromatic rings.